The standard InChI is InChI=1S/C43H68O5/c1-3-5-7-9-11-13-15-17-19-21-23-25-27-29-31-33-35-37-42(45)47-40-41(39-44)48-43(46)38-36-34-32-30-28-26-24-22-20-18-16-14-12-10-8-6-4-2/h6,8,11-14,17-20,23-26,30,32,41,44H,3-5,7,9-10,15-16,21-22,27-29,31,33-40H2,1-2H3/b8-6-,13-11-,14-12-,19-17-,20-18-,25-23-,26-24-,32-30-/t41-/m0/s1. The average molecular weight is 665 g/mol. The number of ether oxygens (including phenoxy) is 2. The van der Waals surface area contributed by atoms with Crippen molar-refractivity contribution in [2.45, 2.75) is 148 Å². The number of allylic oxidation sites excluding steroid dienone is 16. The summed E-state index contributed by atoms with van der Waals surface area (Å²) in [6.07, 6.45) is 53.2. The highest BCUT2D eigenvalue weighted by molar-refractivity contribution is 5.70. The van der Waals surface area contributed by atoms with Crippen LogP contribution in [0.15, 0.2) is 97.2 Å². The van der Waals surface area contributed by atoms with Crippen molar-refractivity contribution in [3.8, 4) is 0 Å². The van der Waals surface area contributed by atoms with E-state index in [9.17, 15) is 14.7 Å². The molecule has 1 atom stereocenters. The minimum Gasteiger partial charge on any atom is -0.462 e. The molecule has 0 aromatic carbocycles. The summed E-state index contributed by atoms with van der Waals surface area (Å²) in [5, 5.41) is 9.53. The normalized spacial score (nSPS) is 13.3. The smallest absolute Gasteiger partial charge is 0.306 e. The fraction of sp³-hybridized carbons (Fsp3) is 0.581. The lowest BCUT2D eigenvalue weighted by Crippen LogP contribution is -2.28. The van der Waals surface area contributed by atoms with E-state index in [1.54, 1.807) is 0 Å². The minimum absolute atomic E-state index is 0.107. The molecule has 0 aliphatic heterocycles. The van der Waals surface area contributed by atoms with Crippen LogP contribution in [0.2, 0.25) is 0 Å². The molecule has 0 fully saturated rings. The number of hydrogen-bond acceptors (Lipinski definition) is 5. The summed E-state index contributed by atoms with van der Waals surface area (Å²) >= 11 is 0. The van der Waals surface area contributed by atoms with Crippen LogP contribution in [0, 0.1) is 0 Å². The second-order valence-electron chi connectivity index (χ2n) is 11.9. The zero-order valence-electron chi connectivity index (χ0n) is 30.5. The van der Waals surface area contributed by atoms with Gasteiger partial charge in [-0.1, -0.05) is 137 Å². The summed E-state index contributed by atoms with van der Waals surface area (Å²) in [6.45, 7) is 3.90. The van der Waals surface area contributed by atoms with Gasteiger partial charge in [0.25, 0.3) is 0 Å². The first kappa shape index (κ1) is 44.8. The third-order valence-electron chi connectivity index (χ3n) is 7.36. The molecule has 0 unspecified atom stereocenters. The van der Waals surface area contributed by atoms with E-state index < -0.39 is 6.10 Å². The zero-order valence-corrected chi connectivity index (χ0v) is 30.5. The SMILES string of the molecule is CC/C=C\C/C=C\C/C=C\C/C=C\C/C=C\CCCC(=O)O[C@@H](CO)COC(=O)CCCCCC/C=C\C/C=C\C/C=C\CCCCC. The highest BCUT2D eigenvalue weighted by atomic mass is 16.6. The first-order chi connectivity index (χ1) is 23.6. The van der Waals surface area contributed by atoms with Gasteiger partial charge in [-0.2, -0.15) is 0 Å². The number of unbranched alkanes of at least 4 members (excludes halogenated alkanes) is 8. The van der Waals surface area contributed by atoms with Crippen molar-refractivity contribution in [2.75, 3.05) is 13.2 Å². The van der Waals surface area contributed by atoms with E-state index in [0.29, 0.717) is 12.8 Å². The molecule has 0 aromatic heterocycles. The van der Waals surface area contributed by atoms with Gasteiger partial charge in [0.15, 0.2) is 6.10 Å². The molecule has 0 saturated heterocycles. The Hall–Kier alpha value is -3.18. The second-order valence-corrected chi connectivity index (χ2v) is 11.9. The average Bonchev–Trinajstić information content (AvgIpc) is 3.09. The highest BCUT2D eigenvalue weighted by Gasteiger charge is 2.15. The largest absolute Gasteiger partial charge is 0.462 e. The minimum atomic E-state index is -0.816. The van der Waals surface area contributed by atoms with Gasteiger partial charge in [-0.25, -0.2) is 0 Å². The van der Waals surface area contributed by atoms with Crippen LogP contribution in [0.5, 0.6) is 0 Å². The van der Waals surface area contributed by atoms with E-state index in [4.69, 9.17) is 9.47 Å². The summed E-state index contributed by atoms with van der Waals surface area (Å²) in [7, 11) is 0. The van der Waals surface area contributed by atoms with E-state index >= 15 is 0 Å². The molecule has 270 valence electrons. The first-order valence-electron chi connectivity index (χ1n) is 18.8. The van der Waals surface area contributed by atoms with Crippen LogP contribution in [0.25, 0.3) is 0 Å². The summed E-state index contributed by atoms with van der Waals surface area (Å²) in [5.74, 6) is -0.696. The number of hydrogen-bond donors (Lipinski definition) is 1. The van der Waals surface area contributed by atoms with Gasteiger partial charge in [0.1, 0.15) is 6.61 Å². The molecule has 0 aromatic rings. The maximum atomic E-state index is 12.1. The summed E-state index contributed by atoms with van der Waals surface area (Å²) < 4.78 is 10.5. The van der Waals surface area contributed by atoms with Crippen LogP contribution in [0.4, 0.5) is 0 Å². The Morgan fingerprint density at radius 2 is 0.917 bits per heavy atom. The summed E-state index contributed by atoms with van der Waals surface area (Å²) in [6, 6.07) is 0. The lowest BCUT2D eigenvalue weighted by molar-refractivity contribution is -0.161. The van der Waals surface area contributed by atoms with Crippen molar-refractivity contribution < 1.29 is 24.2 Å². The highest BCUT2D eigenvalue weighted by Crippen LogP contribution is 2.09. The molecular formula is C43H68O5. The third-order valence-corrected chi connectivity index (χ3v) is 7.36. The van der Waals surface area contributed by atoms with Crippen molar-refractivity contribution in [3.05, 3.63) is 97.2 Å². The van der Waals surface area contributed by atoms with Crippen molar-refractivity contribution in [3.63, 3.8) is 0 Å². The van der Waals surface area contributed by atoms with Gasteiger partial charge < -0.3 is 14.6 Å². The van der Waals surface area contributed by atoms with Gasteiger partial charge in [-0.3, -0.25) is 9.59 Å². The van der Waals surface area contributed by atoms with Gasteiger partial charge in [0, 0.05) is 12.8 Å². The van der Waals surface area contributed by atoms with Crippen LogP contribution >= 0.6 is 0 Å². The molecule has 0 heterocycles. The summed E-state index contributed by atoms with van der Waals surface area (Å²) in [4.78, 5) is 24.2. The molecular weight excluding hydrogens is 596 g/mol. The van der Waals surface area contributed by atoms with Crippen LogP contribution in [0.3, 0.4) is 0 Å². The van der Waals surface area contributed by atoms with E-state index in [-0.39, 0.29) is 31.6 Å². The van der Waals surface area contributed by atoms with Gasteiger partial charge in [0.2, 0.25) is 0 Å². The fourth-order valence-electron chi connectivity index (χ4n) is 4.53. The molecule has 0 rings (SSSR count). The fourth-order valence-corrected chi connectivity index (χ4v) is 4.53. The van der Waals surface area contributed by atoms with Crippen molar-refractivity contribution in [1.29, 1.82) is 0 Å². The molecule has 0 saturated carbocycles. The lowest BCUT2D eigenvalue weighted by atomic mass is 10.1. The van der Waals surface area contributed by atoms with Crippen LogP contribution in [-0.4, -0.2) is 36.4 Å². The predicted molar refractivity (Wildman–Crippen MR) is 205 cm³/mol. The van der Waals surface area contributed by atoms with Gasteiger partial charge in [0.05, 0.1) is 6.61 Å². The molecule has 48 heavy (non-hydrogen) atoms. The van der Waals surface area contributed by atoms with Crippen molar-refractivity contribution in [2.24, 2.45) is 0 Å². The molecule has 5 heteroatoms. The van der Waals surface area contributed by atoms with Crippen molar-refractivity contribution >= 4 is 11.9 Å². The van der Waals surface area contributed by atoms with E-state index in [1.165, 1.54) is 25.7 Å². The van der Waals surface area contributed by atoms with Crippen molar-refractivity contribution in [1.82, 2.24) is 0 Å². The number of aliphatic hydroxyl groups is 1. The second kappa shape index (κ2) is 38.3. The monoisotopic (exact) mass is 665 g/mol. The maximum absolute atomic E-state index is 12.1. The Morgan fingerprint density at radius 3 is 1.40 bits per heavy atom. The topological polar surface area (TPSA) is 72.8 Å². The number of rotatable bonds is 32. The zero-order chi connectivity index (χ0) is 35.0. The van der Waals surface area contributed by atoms with Crippen LogP contribution in [0.1, 0.15) is 142 Å². The van der Waals surface area contributed by atoms with E-state index in [1.807, 2.05) is 0 Å². The van der Waals surface area contributed by atoms with Gasteiger partial charge in [-0.15, -0.1) is 0 Å². The number of aliphatic hydroxyl groups excluding tert-OH is 1. The van der Waals surface area contributed by atoms with E-state index in [0.717, 1.165) is 83.5 Å². The Morgan fingerprint density at radius 1 is 0.500 bits per heavy atom. The molecule has 0 spiro atoms. The maximum Gasteiger partial charge on any atom is 0.306 e. The predicted octanol–water partition coefficient (Wildman–Crippen LogP) is 11.7. The number of carbonyl (C=O) groups is 2. The van der Waals surface area contributed by atoms with Gasteiger partial charge >= 0.3 is 11.9 Å². The molecule has 0 radical (unpaired) electrons. The quantitative estimate of drug-likeness (QED) is 0.0440. The van der Waals surface area contributed by atoms with Crippen LogP contribution < -0.4 is 0 Å². The molecule has 0 amide bonds. The Labute approximate surface area is 294 Å². The van der Waals surface area contributed by atoms with Gasteiger partial charge in [-0.05, 0) is 89.9 Å². The first-order valence-corrected chi connectivity index (χ1v) is 18.8. The molecule has 0 bridgehead atoms. The molecule has 1 N–H and O–H groups in total. The number of carbonyl (C=O) groups excluding carboxylic acids is 2. The molecule has 5 nitrogen and oxygen atoms in total. The van der Waals surface area contributed by atoms with E-state index in [2.05, 4.69) is 111 Å². The lowest BCUT2D eigenvalue weighted by Gasteiger charge is -2.15. The molecule has 0 aliphatic rings. The van der Waals surface area contributed by atoms with Crippen LogP contribution in [-0.2, 0) is 19.1 Å². The molecule has 0 aliphatic carbocycles. The number of esters is 2. The summed E-state index contributed by atoms with van der Waals surface area (Å²) in [5.41, 5.74) is 0. The Balaban J connectivity index is 3.76. The Bertz CT molecular complexity index is 979. The third kappa shape index (κ3) is 35.7. The Kier molecular flexibility index (Phi) is 35.7.